The van der Waals surface area contributed by atoms with E-state index < -0.39 is 17.6 Å². The Balaban J connectivity index is 1.54. The number of carbonyl (C=O) groups excluding carboxylic acids is 1. The molecule has 1 amide bonds. The molecule has 1 aliphatic rings. The number of nitrogens with zero attached hydrogens (tertiary/aromatic N) is 3. The van der Waals surface area contributed by atoms with Gasteiger partial charge in [-0.3, -0.25) is 9.69 Å². The lowest BCUT2D eigenvalue weighted by Gasteiger charge is -2.15. The number of rotatable bonds is 5. The third-order valence-electron chi connectivity index (χ3n) is 5.33. The van der Waals surface area contributed by atoms with Crippen LogP contribution < -0.4 is 5.32 Å². The molecule has 0 radical (unpaired) electrons. The number of benzene rings is 2. The molecule has 1 N–H and O–H groups in total. The Morgan fingerprint density at radius 1 is 1.10 bits per heavy atom. The molecule has 0 aliphatic carbocycles. The molecule has 2 heterocycles. The molecular formula is C23H23F3N4O. The molecule has 3 aromatic rings. The van der Waals surface area contributed by atoms with Crippen molar-refractivity contribution in [3.8, 4) is 5.69 Å². The van der Waals surface area contributed by atoms with Crippen LogP contribution in [-0.4, -0.2) is 33.4 Å². The fourth-order valence-electron chi connectivity index (χ4n) is 3.72. The summed E-state index contributed by atoms with van der Waals surface area (Å²) in [6, 6.07) is 10.6. The largest absolute Gasteiger partial charge is 0.416 e. The van der Waals surface area contributed by atoms with E-state index in [1.807, 2.05) is 12.1 Å². The van der Waals surface area contributed by atoms with Gasteiger partial charge in [-0.1, -0.05) is 12.1 Å². The Labute approximate surface area is 178 Å². The van der Waals surface area contributed by atoms with Gasteiger partial charge in [0.15, 0.2) is 0 Å². The summed E-state index contributed by atoms with van der Waals surface area (Å²) in [5.41, 5.74) is 1.68. The number of aryl methyl sites for hydroxylation is 1. The monoisotopic (exact) mass is 428 g/mol. The van der Waals surface area contributed by atoms with Gasteiger partial charge in [0.1, 0.15) is 0 Å². The molecule has 5 nitrogen and oxygen atoms in total. The number of imidazole rings is 1. The highest BCUT2D eigenvalue weighted by Gasteiger charge is 2.31. The van der Waals surface area contributed by atoms with Crippen molar-refractivity contribution in [1.82, 2.24) is 14.5 Å². The summed E-state index contributed by atoms with van der Waals surface area (Å²) in [4.78, 5) is 19.1. The minimum Gasteiger partial charge on any atom is -0.322 e. The van der Waals surface area contributed by atoms with Gasteiger partial charge in [-0.15, -0.1) is 0 Å². The Hall–Kier alpha value is -3.13. The van der Waals surface area contributed by atoms with Crippen molar-refractivity contribution in [3.63, 3.8) is 0 Å². The van der Waals surface area contributed by atoms with Crippen LogP contribution in [0.5, 0.6) is 0 Å². The highest BCUT2D eigenvalue weighted by Crippen LogP contribution is 2.33. The normalized spacial score (nSPS) is 14.7. The predicted molar refractivity (Wildman–Crippen MR) is 112 cm³/mol. The number of hydrogen-bond donors (Lipinski definition) is 1. The van der Waals surface area contributed by atoms with Gasteiger partial charge < -0.3 is 9.88 Å². The quantitative estimate of drug-likeness (QED) is 0.619. The number of anilines is 1. The van der Waals surface area contributed by atoms with E-state index in [4.69, 9.17) is 0 Å². The first-order chi connectivity index (χ1) is 14.8. The second-order valence-electron chi connectivity index (χ2n) is 7.82. The first kappa shape index (κ1) is 21.1. The summed E-state index contributed by atoms with van der Waals surface area (Å²) in [6.45, 7) is 4.75. The summed E-state index contributed by atoms with van der Waals surface area (Å²) in [7, 11) is 0. The number of halogens is 3. The molecule has 0 bridgehead atoms. The first-order valence-electron chi connectivity index (χ1n) is 10.1. The highest BCUT2D eigenvalue weighted by molar-refractivity contribution is 6.04. The van der Waals surface area contributed by atoms with E-state index in [0.717, 1.165) is 37.3 Å². The number of nitrogens with one attached hydrogen (secondary N) is 1. The zero-order valence-electron chi connectivity index (χ0n) is 17.1. The van der Waals surface area contributed by atoms with Crippen LogP contribution in [0.3, 0.4) is 0 Å². The van der Waals surface area contributed by atoms with Crippen LogP contribution in [-0.2, 0) is 12.7 Å². The van der Waals surface area contributed by atoms with Crippen molar-refractivity contribution >= 4 is 11.6 Å². The van der Waals surface area contributed by atoms with Crippen LogP contribution in [0.1, 0.15) is 40.0 Å². The lowest BCUT2D eigenvalue weighted by molar-refractivity contribution is -0.137. The third-order valence-corrected chi connectivity index (χ3v) is 5.33. The van der Waals surface area contributed by atoms with Crippen molar-refractivity contribution in [1.29, 1.82) is 0 Å². The Morgan fingerprint density at radius 2 is 1.81 bits per heavy atom. The molecule has 1 aromatic heterocycles. The first-order valence-corrected chi connectivity index (χ1v) is 10.1. The second kappa shape index (κ2) is 8.55. The number of alkyl halides is 3. The third kappa shape index (κ3) is 5.14. The van der Waals surface area contributed by atoms with Crippen LogP contribution in [0.15, 0.2) is 55.0 Å². The van der Waals surface area contributed by atoms with Gasteiger partial charge in [0.05, 0.1) is 17.6 Å². The van der Waals surface area contributed by atoms with E-state index in [-0.39, 0.29) is 11.4 Å². The van der Waals surface area contributed by atoms with Crippen LogP contribution >= 0.6 is 0 Å². The number of hydrogen-bond acceptors (Lipinski definition) is 3. The topological polar surface area (TPSA) is 50.2 Å². The predicted octanol–water partition coefficient (Wildman–Crippen LogP) is 5.05. The Kier molecular flexibility index (Phi) is 5.82. The molecular weight excluding hydrogens is 405 g/mol. The number of likely N-dealkylation sites (tertiary alicyclic amines) is 1. The van der Waals surface area contributed by atoms with E-state index in [1.165, 1.54) is 29.8 Å². The van der Waals surface area contributed by atoms with E-state index >= 15 is 0 Å². The summed E-state index contributed by atoms with van der Waals surface area (Å²) in [5, 5.41) is 2.60. The van der Waals surface area contributed by atoms with Gasteiger partial charge in [0.2, 0.25) is 0 Å². The lowest BCUT2D eigenvalue weighted by Crippen LogP contribution is -2.18. The molecule has 1 aliphatic heterocycles. The summed E-state index contributed by atoms with van der Waals surface area (Å²) >= 11 is 0. The maximum atomic E-state index is 13.4. The molecule has 0 spiro atoms. The van der Waals surface area contributed by atoms with E-state index in [0.29, 0.717) is 11.3 Å². The maximum absolute atomic E-state index is 13.4. The standard InChI is InChI=1S/C23H23F3N4O/c1-16-13-30(15-27-16)21-11-19(23(24,25)26)10-20(12-21)28-22(31)18-6-4-17(5-7-18)14-29-8-2-3-9-29/h4-7,10-13,15H,2-3,8-9,14H2,1H3,(H,28,31). The van der Waals surface area contributed by atoms with Crippen molar-refractivity contribution in [2.75, 3.05) is 18.4 Å². The van der Waals surface area contributed by atoms with Crippen LogP contribution in [0.25, 0.3) is 5.69 Å². The van der Waals surface area contributed by atoms with Crippen molar-refractivity contribution in [2.45, 2.75) is 32.5 Å². The Morgan fingerprint density at radius 3 is 2.42 bits per heavy atom. The van der Waals surface area contributed by atoms with Gasteiger partial charge in [0, 0.05) is 29.7 Å². The smallest absolute Gasteiger partial charge is 0.322 e. The zero-order valence-corrected chi connectivity index (χ0v) is 17.1. The molecule has 31 heavy (non-hydrogen) atoms. The van der Waals surface area contributed by atoms with Gasteiger partial charge >= 0.3 is 6.18 Å². The average Bonchev–Trinajstić information content (AvgIpc) is 3.39. The van der Waals surface area contributed by atoms with Gasteiger partial charge in [-0.2, -0.15) is 13.2 Å². The minimum atomic E-state index is -4.54. The number of carbonyl (C=O) groups is 1. The molecule has 1 fully saturated rings. The lowest BCUT2D eigenvalue weighted by atomic mass is 10.1. The summed E-state index contributed by atoms with van der Waals surface area (Å²) in [5.74, 6) is -0.459. The number of aromatic nitrogens is 2. The second-order valence-corrected chi connectivity index (χ2v) is 7.82. The molecule has 162 valence electrons. The molecule has 4 rings (SSSR count). The van der Waals surface area contributed by atoms with Crippen LogP contribution in [0.4, 0.5) is 18.9 Å². The molecule has 8 heteroatoms. The van der Waals surface area contributed by atoms with Crippen LogP contribution in [0, 0.1) is 6.92 Å². The van der Waals surface area contributed by atoms with E-state index in [9.17, 15) is 18.0 Å². The molecule has 0 unspecified atom stereocenters. The SMILES string of the molecule is Cc1cn(-c2cc(NC(=O)c3ccc(CN4CCCC4)cc3)cc(C(F)(F)F)c2)cn1. The minimum absolute atomic E-state index is 0.0716. The summed E-state index contributed by atoms with van der Waals surface area (Å²) in [6.07, 6.45) is 0.939. The molecule has 1 saturated heterocycles. The zero-order chi connectivity index (χ0) is 22.0. The Bertz CT molecular complexity index is 1070. The average molecular weight is 428 g/mol. The molecule has 0 saturated carbocycles. The highest BCUT2D eigenvalue weighted by atomic mass is 19.4. The van der Waals surface area contributed by atoms with E-state index in [1.54, 1.807) is 25.3 Å². The fourth-order valence-corrected chi connectivity index (χ4v) is 3.72. The van der Waals surface area contributed by atoms with Gasteiger partial charge in [0.25, 0.3) is 5.91 Å². The van der Waals surface area contributed by atoms with Crippen molar-refractivity contribution < 1.29 is 18.0 Å². The number of amides is 1. The van der Waals surface area contributed by atoms with Crippen molar-refractivity contribution in [2.24, 2.45) is 0 Å². The van der Waals surface area contributed by atoms with Gasteiger partial charge in [-0.05, 0) is 68.8 Å². The van der Waals surface area contributed by atoms with Crippen LogP contribution in [0.2, 0.25) is 0 Å². The maximum Gasteiger partial charge on any atom is 0.416 e. The molecule has 2 aromatic carbocycles. The van der Waals surface area contributed by atoms with Crippen molar-refractivity contribution in [3.05, 3.63) is 77.4 Å². The molecule has 0 atom stereocenters. The summed E-state index contributed by atoms with van der Waals surface area (Å²) < 4.78 is 41.7. The van der Waals surface area contributed by atoms with Gasteiger partial charge in [-0.25, -0.2) is 4.98 Å². The fraction of sp³-hybridized carbons (Fsp3) is 0.304. The van der Waals surface area contributed by atoms with E-state index in [2.05, 4.69) is 15.2 Å².